The number of thiophene rings is 1. The number of hydrogen-bond donors (Lipinski definition) is 1. The van der Waals surface area contributed by atoms with Gasteiger partial charge in [0.1, 0.15) is 0 Å². The SMILES string of the molecule is Cc1ccc(CNC(=O)c2nnc(/C(Cl)=C\c3ccc(C)s3)s2)cc1. The number of aryl methyl sites for hydroxylation is 2. The van der Waals surface area contributed by atoms with E-state index in [1.807, 2.05) is 56.3 Å². The highest BCUT2D eigenvalue weighted by molar-refractivity contribution is 7.15. The number of benzene rings is 1. The van der Waals surface area contributed by atoms with Crippen molar-refractivity contribution >= 4 is 51.3 Å². The Morgan fingerprint density at radius 1 is 1.08 bits per heavy atom. The van der Waals surface area contributed by atoms with Gasteiger partial charge in [-0.2, -0.15) is 0 Å². The Balaban J connectivity index is 1.64. The maximum absolute atomic E-state index is 12.2. The first-order valence-electron chi connectivity index (χ1n) is 7.62. The zero-order chi connectivity index (χ0) is 17.8. The zero-order valence-electron chi connectivity index (χ0n) is 13.7. The predicted octanol–water partition coefficient (Wildman–Crippen LogP) is 4.88. The minimum absolute atomic E-state index is 0.249. The number of carbonyl (C=O) groups excluding carboxylic acids is 1. The summed E-state index contributed by atoms with van der Waals surface area (Å²) in [6.45, 7) is 4.52. The standard InChI is InChI=1S/C18H16ClN3OS2/c1-11-3-6-13(7-4-11)10-20-16(23)18-22-21-17(25-18)15(19)9-14-8-5-12(2)24-14/h3-9H,10H2,1-2H3,(H,20,23)/b15-9+. The average molecular weight is 390 g/mol. The van der Waals surface area contributed by atoms with Gasteiger partial charge >= 0.3 is 0 Å². The van der Waals surface area contributed by atoms with Crippen LogP contribution in [0.25, 0.3) is 11.1 Å². The molecule has 4 nitrogen and oxygen atoms in total. The summed E-state index contributed by atoms with van der Waals surface area (Å²) in [4.78, 5) is 14.5. The lowest BCUT2D eigenvalue weighted by Gasteiger charge is -2.03. The number of rotatable bonds is 5. The summed E-state index contributed by atoms with van der Waals surface area (Å²) in [5, 5.41) is 12.1. The Kier molecular flexibility index (Phi) is 5.63. The highest BCUT2D eigenvalue weighted by atomic mass is 35.5. The molecule has 2 heterocycles. The van der Waals surface area contributed by atoms with Gasteiger partial charge in [0.2, 0.25) is 5.01 Å². The van der Waals surface area contributed by atoms with Crippen LogP contribution < -0.4 is 5.32 Å². The molecule has 128 valence electrons. The Bertz CT molecular complexity index is 913. The normalized spacial score (nSPS) is 11.6. The van der Waals surface area contributed by atoms with Gasteiger partial charge in [-0.25, -0.2) is 0 Å². The van der Waals surface area contributed by atoms with Gasteiger partial charge in [0.05, 0.1) is 5.03 Å². The molecule has 7 heteroatoms. The van der Waals surface area contributed by atoms with Crippen molar-refractivity contribution in [2.24, 2.45) is 0 Å². The average Bonchev–Trinajstić information content (AvgIpc) is 3.23. The number of amides is 1. The lowest BCUT2D eigenvalue weighted by atomic mass is 10.1. The Morgan fingerprint density at radius 3 is 2.48 bits per heavy atom. The molecule has 1 amide bonds. The number of hydrogen-bond acceptors (Lipinski definition) is 5. The van der Waals surface area contributed by atoms with Crippen LogP contribution in [0.1, 0.15) is 35.7 Å². The van der Waals surface area contributed by atoms with Gasteiger partial charge < -0.3 is 5.32 Å². The van der Waals surface area contributed by atoms with Crippen LogP contribution in [0.15, 0.2) is 36.4 Å². The summed E-state index contributed by atoms with van der Waals surface area (Å²) in [6, 6.07) is 12.0. The predicted molar refractivity (Wildman–Crippen MR) is 105 cm³/mol. The summed E-state index contributed by atoms with van der Waals surface area (Å²) in [6.07, 6.45) is 1.84. The molecule has 1 N–H and O–H groups in total. The van der Waals surface area contributed by atoms with Crippen molar-refractivity contribution in [1.29, 1.82) is 0 Å². The molecule has 0 spiro atoms. The minimum Gasteiger partial charge on any atom is -0.346 e. The number of nitrogens with zero attached hydrogens (tertiary/aromatic N) is 2. The molecule has 0 saturated carbocycles. The molecular weight excluding hydrogens is 374 g/mol. The van der Waals surface area contributed by atoms with Crippen molar-refractivity contribution in [2.45, 2.75) is 20.4 Å². The second kappa shape index (κ2) is 7.91. The largest absolute Gasteiger partial charge is 0.346 e. The van der Waals surface area contributed by atoms with E-state index in [4.69, 9.17) is 11.6 Å². The molecule has 3 rings (SSSR count). The van der Waals surface area contributed by atoms with Crippen LogP contribution in [0.2, 0.25) is 0 Å². The topological polar surface area (TPSA) is 54.9 Å². The number of halogens is 1. The molecule has 0 bridgehead atoms. The van der Waals surface area contributed by atoms with Crippen molar-refractivity contribution in [2.75, 3.05) is 0 Å². The number of carbonyl (C=O) groups is 1. The second-order valence-electron chi connectivity index (χ2n) is 5.52. The third-order valence-electron chi connectivity index (χ3n) is 3.43. The van der Waals surface area contributed by atoms with E-state index >= 15 is 0 Å². The van der Waals surface area contributed by atoms with Crippen LogP contribution >= 0.6 is 34.3 Å². The van der Waals surface area contributed by atoms with Crippen molar-refractivity contribution in [3.8, 4) is 0 Å². The summed E-state index contributed by atoms with van der Waals surface area (Å²) >= 11 is 9.13. The highest BCUT2D eigenvalue weighted by Crippen LogP contribution is 2.27. The van der Waals surface area contributed by atoms with E-state index in [-0.39, 0.29) is 5.91 Å². The first-order valence-corrected chi connectivity index (χ1v) is 9.63. The van der Waals surface area contributed by atoms with Gasteiger partial charge in [-0.3, -0.25) is 4.79 Å². The van der Waals surface area contributed by atoms with Crippen molar-refractivity contribution in [3.05, 3.63) is 67.3 Å². The smallest absolute Gasteiger partial charge is 0.282 e. The summed E-state index contributed by atoms with van der Waals surface area (Å²) in [7, 11) is 0. The van der Waals surface area contributed by atoms with Crippen LogP contribution in [0.3, 0.4) is 0 Å². The molecule has 25 heavy (non-hydrogen) atoms. The lowest BCUT2D eigenvalue weighted by Crippen LogP contribution is -2.22. The fourth-order valence-corrected chi connectivity index (χ4v) is 3.92. The number of aromatic nitrogens is 2. The van der Waals surface area contributed by atoms with Gasteiger partial charge in [-0.1, -0.05) is 52.8 Å². The molecule has 3 aromatic rings. The van der Waals surface area contributed by atoms with E-state index in [2.05, 4.69) is 15.5 Å². The maximum Gasteiger partial charge on any atom is 0.282 e. The van der Waals surface area contributed by atoms with Gasteiger partial charge in [-0.05, 0) is 37.6 Å². The molecule has 1 aromatic carbocycles. The molecule has 0 unspecified atom stereocenters. The third-order valence-corrected chi connectivity index (χ3v) is 5.73. The van der Waals surface area contributed by atoms with E-state index in [0.29, 0.717) is 21.6 Å². The van der Waals surface area contributed by atoms with E-state index in [0.717, 1.165) is 10.4 Å². The molecule has 2 aromatic heterocycles. The van der Waals surface area contributed by atoms with Crippen molar-refractivity contribution in [1.82, 2.24) is 15.5 Å². The van der Waals surface area contributed by atoms with Crippen LogP contribution in [-0.2, 0) is 6.54 Å². The molecule has 0 atom stereocenters. The van der Waals surface area contributed by atoms with Gasteiger partial charge in [0.25, 0.3) is 5.91 Å². The first-order chi connectivity index (χ1) is 12.0. The van der Waals surface area contributed by atoms with Gasteiger partial charge in [0, 0.05) is 16.3 Å². The minimum atomic E-state index is -0.249. The molecule has 0 aliphatic heterocycles. The van der Waals surface area contributed by atoms with Crippen molar-refractivity contribution < 1.29 is 4.79 Å². The zero-order valence-corrected chi connectivity index (χ0v) is 16.1. The monoisotopic (exact) mass is 389 g/mol. The Labute approximate surface area is 159 Å². The molecule has 0 radical (unpaired) electrons. The van der Waals surface area contributed by atoms with Crippen molar-refractivity contribution in [3.63, 3.8) is 0 Å². The Hall–Kier alpha value is -2.02. The quantitative estimate of drug-likeness (QED) is 0.676. The highest BCUT2D eigenvalue weighted by Gasteiger charge is 2.14. The van der Waals surface area contributed by atoms with Gasteiger partial charge in [-0.15, -0.1) is 21.5 Å². The van der Waals surface area contributed by atoms with E-state index < -0.39 is 0 Å². The fourth-order valence-electron chi connectivity index (χ4n) is 2.09. The molecule has 0 aliphatic rings. The lowest BCUT2D eigenvalue weighted by molar-refractivity contribution is 0.0950. The molecule has 0 aliphatic carbocycles. The Morgan fingerprint density at radius 2 is 1.80 bits per heavy atom. The molecule has 0 saturated heterocycles. The summed E-state index contributed by atoms with van der Waals surface area (Å²) < 4.78 is 0. The van der Waals surface area contributed by atoms with Crippen LogP contribution in [0, 0.1) is 13.8 Å². The van der Waals surface area contributed by atoms with E-state index in [1.54, 1.807) is 11.3 Å². The second-order valence-corrected chi connectivity index (χ2v) is 8.23. The molecular formula is C18H16ClN3OS2. The van der Waals surface area contributed by atoms with E-state index in [9.17, 15) is 4.79 Å². The molecule has 0 fully saturated rings. The van der Waals surface area contributed by atoms with Crippen LogP contribution in [-0.4, -0.2) is 16.1 Å². The van der Waals surface area contributed by atoms with Crippen LogP contribution in [0.4, 0.5) is 0 Å². The summed E-state index contributed by atoms with van der Waals surface area (Å²) in [5.41, 5.74) is 2.22. The van der Waals surface area contributed by atoms with E-state index in [1.165, 1.54) is 21.8 Å². The van der Waals surface area contributed by atoms with Gasteiger partial charge in [0.15, 0.2) is 5.01 Å². The fraction of sp³-hybridized carbons (Fsp3) is 0.167. The maximum atomic E-state index is 12.2. The number of nitrogens with one attached hydrogen (secondary N) is 1. The first kappa shape index (κ1) is 17.8. The third kappa shape index (κ3) is 4.75. The summed E-state index contributed by atoms with van der Waals surface area (Å²) in [5.74, 6) is -0.249. The van der Waals surface area contributed by atoms with Crippen LogP contribution in [0.5, 0.6) is 0 Å².